The first-order valence-corrected chi connectivity index (χ1v) is 13.6. The van der Waals surface area contributed by atoms with E-state index < -0.39 is 5.91 Å². The maximum absolute atomic E-state index is 14.0. The molecule has 41 heavy (non-hydrogen) atoms. The van der Waals surface area contributed by atoms with Crippen LogP contribution in [0.15, 0.2) is 50.6 Å². The predicted molar refractivity (Wildman–Crippen MR) is 149 cm³/mol. The van der Waals surface area contributed by atoms with Crippen LogP contribution in [0, 0.1) is 5.82 Å². The number of hydrogen-bond donors (Lipinski definition) is 2. The van der Waals surface area contributed by atoms with E-state index in [-0.39, 0.29) is 29.8 Å². The summed E-state index contributed by atoms with van der Waals surface area (Å²) in [5.74, 6) is -0.00805. The van der Waals surface area contributed by atoms with Gasteiger partial charge in [-0.1, -0.05) is 23.4 Å². The zero-order valence-corrected chi connectivity index (χ0v) is 23.7. The molecular formula is C26H27BrFN9O4. The summed E-state index contributed by atoms with van der Waals surface area (Å²) in [6, 6.07) is 9.78. The number of nitrogens with zero attached hydrogens (tertiary/aromatic N) is 7. The smallest absolute Gasteiger partial charge is 0.292 e. The van der Waals surface area contributed by atoms with Gasteiger partial charge >= 0.3 is 0 Å². The molecule has 3 N–H and O–H groups in total. The third-order valence-corrected chi connectivity index (χ3v) is 6.96. The molecule has 0 aliphatic carbocycles. The average molecular weight is 628 g/mol. The van der Waals surface area contributed by atoms with Gasteiger partial charge < -0.3 is 15.2 Å². The summed E-state index contributed by atoms with van der Waals surface area (Å²) >= 11 is 3.51. The highest BCUT2D eigenvalue weighted by Gasteiger charge is 2.27. The minimum Gasteiger partial charge on any atom is -0.493 e. The number of carbonyl (C=O) groups is 1. The number of ether oxygens (including phenoxy) is 2. The molecule has 1 aliphatic heterocycles. The Kier molecular flexibility index (Phi) is 8.84. The fraction of sp³-hybridized carbons (Fsp3) is 0.308. The van der Waals surface area contributed by atoms with E-state index in [0.29, 0.717) is 45.9 Å². The highest BCUT2D eigenvalue weighted by Crippen LogP contribution is 2.32. The second-order valence-corrected chi connectivity index (χ2v) is 9.94. The number of rotatable bonds is 11. The molecule has 5 rings (SSSR count). The largest absolute Gasteiger partial charge is 0.493 e. The van der Waals surface area contributed by atoms with Gasteiger partial charge in [0.25, 0.3) is 5.91 Å². The van der Waals surface area contributed by atoms with Crippen molar-refractivity contribution in [3.05, 3.63) is 69.2 Å². The topological polar surface area (TPSA) is 159 Å². The predicted octanol–water partition coefficient (Wildman–Crippen LogP) is 3.47. The van der Waals surface area contributed by atoms with Crippen LogP contribution in [0.4, 0.5) is 10.2 Å². The fourth-order valence-electron chi connectivity index (χ4n) is 4.32. The molecule has 214 valence electrons. The number of halogens is 2. The molecule has 0 radical (unpaired) electrons. The molecule has 0 saturated carbocycles. The van der Waals surface area contributed by atoms with E-state index in [1.165, 1.54) is 17.0 Å². The number of benzene rings is 2. The van der Waals surface area contributed by atoms with Gasteiger partial charge in [0.1, 0.15) is 29.6 Å². The quantitative estimate of drug-likeness (QED) is 0.186. The lowest BCUT2D eigenvalue weighted by Gasteiger charge is -2.14. The van der Waals surface area contributed by atoms with Crippen LogP contribution in [0.2, 0.25) is 0 Å². The number of nitrogen functional groups attached to an aromatic ring is 1. The molecule has 1 amide bonds. The van der Waals surface area contributed by atoms with Gasteiger partial charge in [0.05, 0.1) is 18.4 Å². The molecule has 0 spiro atoms. The van der Waals surface area contributed by atoms with Crippen LogP contribution in [0.3, 0.4) is 0 Å². The van der Waals surface area contributed by atoms with E-state index in [2.05, 4.69) is 52.0 Å². The summed E-state index contributed by atoms with van der Waals surface area (Å²) in [6.45, 7) is 4.47. The van der Waals surface area contributed by atoms with Crippen LogP contribution in [0.5, 0.6) is 11.5 Å². The zero-order valence-electron chi connectivity index (χ0n) is 22.1. The highest BCUT2D eigenvalue weighted by atomic mass is 79.9. The number of hydrogen-bond acceptors (Lipinski definition) is 11. The molecule has 3 heterocycles. The second kappa shape index (κ2) is 12.9. The van der Waals surface area contributed by atoms with Crippen LogP contribution < -0.4 is 20.6 Å². The number of likely N-dealkylation sites (tertiary alicyclic amines) is 1. The maximum Gasteiger partial charge on any atom is 0.292 e. The van der Waals surface area contributed by atoms with E-state index in [0.717, 1.165) is 25.9 Å². The van der Waals surface area contributed by atoms with E-state index in [1.807, 2.05) is 6.92 Å². The highest BCUT2D eigenvalue weighted by molar-refractivity contribution is 9.10. The molecule has 4 aromatic rings. The molecule has 2 aromatic carbocycles. The van der Waals surface area contributed by atoms with Crippen LogP contribution in [0.1, 0.15) is 47.1 Å². The van der Waals surface area contributed by atoms with Crippen LogP contribution in [0.25, 0.3) is 5.82 Å². The Labute approximate surface area is 242 Å². The van der Waals surface area contributed by atoms with Gasteiger partial charge in [0.15, 0.2) is 5.69 Å². The Hall–Kier alpha value is -4.37. The van der Waals surface area contributed by atoms with Gasteiger partial charge in [-0.15, -0.1) is 5.10 Å². The Balaban J connectivity index is 1.35. The SMILES string of the molecule is CCOc1cc(OCc2ccccc2F)cc(Br)c1C=NNC(=O)c1c(CN2CCCC2)nnn1-c1nonc1N. The van der Waals surface area contributed by atoms with Gasteiger partial charge in [-0.25, -0.2) is 14.4 Å². The lowest BCUT2D eigenvalue weighted by Crippen LogP contribution is -2.26. The van der Waals surface area contributed by atoms with Crippen LogP contribution >= 0.6 is 15.9 Å². The molecule has 1 fully saturated rings. The summed E-state index contributed by atoms with van der Waals surface area (Å²) < 4.78 is 32.0. The molecule has 13 nitrogen and oxygen atoms in total. The number of nitrogens with two attached hydrogens (primary N) is 1. The van der Waals surface area contributed by atoms with Crippen LogP contribution in [-0.4, -0.2) is 62.0 Å². The van der Waals surface area contributed by atoms with E-state index in [1.54, 1.807) is 30.3 Å². The molecule has 15 heteroatoms. The number of hydrazone groups is 1. The van der Waals surface area contributed by atoms with Crippen molar-refractivity contribution in [2.75, 3.05) is 25.4 Å². The molecule has 1 saturated heterocycles. The van der Waals surface area contributed by atoms with Crippen molar-refractivity contribution >= 4 is 33.9 Å². The number of nitrogens with one attached hydrogen (secondary N) is 1. The van der Waals surface area contributed by atoms with Gasteiger partial charge in [-0.3, -0.25) is 9.69 Å². The number of aromatic nitrogens is 5. The lowest BCUT2D eigenvalue weighted by molar-refractivity contribution is 0.0945. The van der Waals surface area contributed by atoms with E-state index in [4.69, 9.17) is 19.8 Å². The van der Waals surface area contributed by atoms with Crippen molar-refractivity contribution in [1.29, 1.82) is 0 Å². The normalized spacial score (nSPS) is 13.6. The van der Waals surface area contributed by atoms with Gasteiger partial charge in [0, 0.05) is 22.6 Å². The first kappa shape index (κ1) is 28.2. The van der Waals surface area contributed by atoms with E-state index >= 15 is 0 Å². The third kappa shape index (κ3) is 6.52. The number of carbonyl (C=O) groups excluding carboxylic acids is 1. The summed E-state index contributed by atoms with van der Waals surface area (Å²) in [4.78, 5) is 15.5. The van der Waals surface area contributed by atoms with Crippen molar-refractivity contribution in [3.63, 3.8) is 0 Å². The Morgan fingerprint density at radius 1 is 1.24 bits per heavy atom. The first-order valence-electron chi connectivity index (χ1n) is 12.9. The fourth-order valence-corrected chi connectivity index (χ4v) is 4.85. The average Bonchev–Trinajstić information content (AvgIpc) is 3.71. The van der Waals surface area contributed by atoms with Gasteiger partial charge in [-0.05, 0) is 71.2 Å². The molecule has 2 aromatic heterocycles. The van der Waals surface area contributed by atoms with Gasteiger partial charge in [0.2, 0.25) is 11.6 Å². The Morgan fingerprint density at radius 3 is 2.78 bits per heavy atom. The minimum atomic E-state index is -0.582. The summed E-state index contributed by atoms with van der Waals surface area (Å²) in [7, 11) is 0. The Morgan fingerprint density at radius 2 is 2.05 bits per heavy atom. The molecule has 1 aliphatic rings. The third-order valence-electron chi connectivity index (χ3n) is 6.30. The molecular weight excluding hydrogens is 601 g/mol. The Bertz CT molecular complexity index is 1550. The number of amides is 1. The maximum atomic E-state index is 14.0. The second-order valence-electron chi connectivity index (χ2n) is 9.08. The number of anilines is 1. The zero-order chi connectivity index (χ0) is 28.8. The van der Waals surface area contributed by atoms with Crippen molar-refractivity contribution in [2.45, 2.75) is 32.9 Å². The summed E-state index contributed by atoms with van der Waals surface area (Å²) in [5, 5.41) is 19.8. The van der Waals surface area contributed by atoms with Crippen molar-refractivity contribution in [1.82, 2.24) is 35.6 Å². The lowest BCUT2D eigenvalue weighted by atomic mass is 10.2. The van der Waals surface area contributed by atoms with E-state index in [9.17, 15) is 9.18 Å². The first-order chi connectivity index (χ1) is 19.9. The van der Waals surface area contributed by atoms with Crippen LogP contribution in [-0.2, 0) is 13.2 Å². The van der Waals surface area contributed by atoms with Gasteiger partial charge in [-0.2, -0.15) is 9.78 Å². The van der Waals surface area contributed by atoms with Crippen molar-refractivity contribution in [3.8, 4) is 17.3 Å². The summed E-state index contributed by atoms with van der Waals surface area (Å²) in [6.07, 6.45) is 3.59. The standard InChI is InChI=1S/C26H27BrFN9O4/c1-2-39-22-12-17(40-15-16-7-3-4-8-20(16)28)11-19(27)18(22)13-30-32-26(38)23-21(14-36-9-5-6-10-36)31-35-37(23)25-24(29)33-41-34-25/h3-4,7-8,11-13H,2,5-6,9-10,14-15H2,1H3,(H2,29,33)(H,32,38). The van der Waals surface area contributed by atoms with Crippen molar-refractivity contribution < 1.29 is 23.3 Å². The monoisotopic (exact) mass is 627 g/mol. The molecule has 0 bridgehead atoms. The molecule has 0 unspecified atom stereocenters. The minimum absolute atomic E-state index is 0.0391. The van der Waals surface area contributed by atoms with Crippen molar-refractivity contribution in [2.24, 2.45) is 5.10 Å². The summed E-state index contributed by atoms with van der Waals surface area (Å²) in [5.41, 5.74) is 9.91. The molecule has 0 atom stereocenters.